The lowest BCUT2D eigenvalue weighted by Gasteiger charge is -2.29. The number of halogens is 1. The average molecular weight is 343 g/mol. The molecule has 1 aliphatic rings. The summed E-state index contributed by atoms with van der Waals surface area (Å²) in [5.41, 5.74) is 0.792. The lowest BCUT2D eigenvalue weighted by atomic mass is 10.0. The van der Waals surface area contributed by atoms with Crippen LogP contribution >= 0.6 is 15.9 Å². The minimum atomic E-state index is -0.0686. The molecule has 1 aromatic heterocycles. The van der Waals surface area contributed by atoms with E-state index in [9.17, 15) is 4.79 Å². The fourth-order valence-electron chi connectivity index (χ4n) is 2.58. The van der Waals surface area contributed by atoms with Gasteiger partial charge in [0.1, 0.15) is 4.47 Å². The van der Waals surface area contributed by atoms with Gasteiger partial charge in [-0.05, 0) is 49.2 Å². The Balaban J connectivity index is 2.15. The van der Waals surface area contributed by atoms with Crippen LogP contribution in [-0.2, 0) is 0 Å². The Morgan fingerprint density at radius 2 is 2.30 bits per heavy atom. The molecule has 0 radical (unpaired) electrons. The van der Waals surface area contributed by atoms with Crippen LogP contribution in [0, 0.1) is 0 Å². The standard InChI is InChI=1S/C14H23BrN4O/c1-10(2)19-14(20)13(15)12(8-17-19)18(3)9-11-6-4-5-7-16-11/h8,10-11,16H,4-7,9H2,1-3H3. The highest BCUT2D eigenvalue weighted by atomic mass is 79.9. The van der Waals surface area contributed by atoms with Gasteiger partial charge in [0.05, 0.1) is 17.9 Å². The maximum atomic E-state index is 12.2. The van der Waals surface area contributed by atoms with Gasteiger partial charge in [0.25, 0.3) is 5.56 Å². The molecule has 1 atom stereocenters. The number of piperidine rings is 1. The predicted octanol–water partition coefficient (Wildman–Crippen LogP) is 2.16. The molecular weight excluding hydrogens is 320 g/mol. The molecule has 5 nitrogen and oxygen atoms in total. The van der Waals surface area contributed by atoms with Crippen LogP contribution < -0.4 is 15.8 Å². The summed E-state index contributed by atoms with van der Waals surface area (Å²) < 4.78 is 2.10. The molecule has 20 heavy (non-hydrogen) atoms. The van der Waals surface area contributed by atoms with Gasteiger partial charge in [-0.3, -0.25) is 4.79 Å². The second-order valence-electron chi connectivity index (χ2n) is 5.71. The van der Waals surface area contributed by atoms with Crippen molar-refractivity contribution in [1.82, 2.24) is 15.1 Å². The van der Waals surface area contributed by atoms with Gasteiger partial charge in [0, 0.05) is 19.6 Å². The van der Waals surface area contributed by atoms with Gasteiger partial charge in [0.2, 0.25) is 0 Å². The summed E-state index contributed by atoms with van der Waals surface area (Å²) in [5.74, 6) is 0. The van der Waals surface area contributed by atoms with Crippen molar-refractivity contribution in [3.63, 3.8) is 0 Å². The summed E-state index contributed by atoms with van der Waals surface area (Å²) in [6.45, 7) is 5.89. The van der Waals surface area contributed by atoms with Crippen LogP contribution in [-0.4, -0.2) is 36.0 Å². The van der Waals surface area contributed by atoms with E-state index >= 15 is 0 Å². The maximum absolute atomic E-state index is 12.2. The average Bonchev–Trinajstić information content (AvgIpc) is 2.42. The van der Waals surface area contributed by atoms with E-state index in [1.54, 1.807) is 6.20 Å². The summed E-state index contributed by atoms with van der Waals surface area (Å²) in [6.07, 6.45) is 5.50. The lowest BCUT2D eigenvalue weighted by molar-refractivity contribution is 0.403. The van der Waals surface area contributed by atoms with Gasteiger partial charge in [-0.2, -0.15) is 5.10 Å². The molecule has 2 heterocycles. The summed E-state index contributed by atoms with van der Waals surface area (Å²) >= 11 is 3.43. The largest absolute Gasteiger partial charge is 0.371 e. The van der Waals surface area contributed by atoms with E-state index in [0.717, 1.165) is 18.8 Å². The minimum absolute atomic E-state index is 0.0677. The van der Waals surface area contributed by atoms with E-state index in [1.165, 1.54) is 23.9 Å². The molecule has 0 aliphatic carbocycles. The molecule has 6 heteroatoms. The van der Waals surface area contributed by atoms with Crippen LogP contribution in [0.2, 0.25) is 0 Å². The second kappa shape index (κ2) is 6.72. The van der Waals surface area contributed by atoms with E-state index in [1.807, 2.05) is 20.9 Å². The first-order valence-electron chi connectivity index (χ1n) is 7.22. The van der Waals surface area contributed by atoms with Gasteiger partial charge in [-0.1, -0.05) is 6.42 Å². The Morgan fingerprint density at radius 1 is 1.55 bits per heavy atom. The number of hydrogen-bond acceptors (Lipinski definition) is 4. The number of rotatable bonds is 4. The van der Waals surface area contributed by atoms with Crippen molar-refractivity contribution in [3.05, 3.63) is 21.0 Å². The van der Waals surface area contributed by atoms with E-state index in [4.69, 9.17) is 0 Å². The fraction of sp³-hybridized carbons (Fsp3) is 0.714. The molecule has 1 aromatic rings. The highest BCUT2D eigenvalue weighted by molar-refractivity contribution is 9.10. The normalized spacial score (nSPS) is 19.4. The molecule has 0 amide bonds. The molecule has 1 aliphatic heterocycles. The molecule has 0 aromatic carbocycles. The first-order valence-corrected chi connectivity index (χ1v) is 8.02. The van der Waals surface area contributed by atoms with Crippen LogP contribution in [0.15, 0.2) is 15.5 Å². The van der Waals surface area contributed by atoms with E-state index < -0.39 is 0 Å². The smallest absolute Gasteiger partial charge is 0.283 e. The van der Waals surface area contributed by atoms with Crippen LogP contribution in [0.3, 0.4) is 0 Å². The third-order valence-corrected chi connectivity index (χ3v) is 4.48. The topological polar surface area (TPSA) is 50.2 Å². The predicted molar refractivity (Wildman–Crippen MR) is 85.5 cm³/mol. The van der Waals surface area contributed by atoms with E-state index in [-0.39, 0.29) is 11.6 Å². The van der Waals surface area contributed by atoms with Crippen LogP contribution in [0.1, 0.15) is 39.2 Å². The number of hydrogen-bond donors (Lipinski definition) is 1. The summed E-state index contributed by atoms with van der Waals surface area (Å²) in [4.78, 5) is 14.3. The highest BCUT2D eigenvalue weighted by Gasteiger charge is 2.18. The zero-order valence-electron chi connectivity index (χ0n) is 12.4. The van der Waals surface area contributed by atoms with Crippen molar-refractivity contribution in [1.29, 1.82) is 0 Å². The van der Waals surface area contributed by atoms with Crippen molar-refractivity contribution in [2.24, 2.45) is 0 Å². The molecule has 0 spiro atoms. The Kier molecular flexibility index (Phi) is 5.21. The Morgan fingerprint density at radius 3 is 2.90 bits per heavy atom. The fourth-order valence-corrected chi connectivity index (χ4v) is 3.17. The number of nitrogens with one attached hydrogen (secondary N) is 1. The van der Waals surface area contributed by atoms with E-state index in [0.29, 0.717) is 10.5 Å². The lowest BCUT2D eigenvalue weighted by Crippen LogP contribution is -2.43. The van der Waals surface area contributed by atoms with Gasteiger partial charge in [-0.15, -0.1) is 0 Å². The Bertz CT molecular complexity index is 508. The molecule has 1 fully saturated rings. The minimum Gasteiger partial charge on any atom is -0.371 e. The Hall–Kier alpha value is -0.880. The molecule has 0 saturated carbocycles. The molecule has 0 bridgehead atoms. The molecular formula is C14H23BrN4O. The summed E-state index contributed by atoms with van der Waals surface area (Å²) in [5, 5.41) is 7.79. The maximum Gasteiger partial charge on any atom is 0.283 e. The number of likely N-dealkylation sites (N-methyl/N-ethyl adjacent to an activating group) is 1. The van der Waals surface area contributed by atoms with Crippen molar-refractivity contribution in [2.45, 2.75) is 45.2 Å². The first kappa shape index (κ1) is 15.5. The van der Waals surface area contributed by atoms with Crippen LogP contribution in [0.5, 0.6) is 0 Å². The van der Waals surface area contributed by atoms with Crippen LogP contribution in [0.4, 0.5) is 5.69 Å². The second-order valence-corrected chi connectivity index (χ2v) is 6.51. The number of anilines is 1. The van der Waals surface area contributed by atoms with Gasteiger partial charge < -0.3 is 10.2 Å². The van der Waals surface area contributed by atoms with Crippen molar-refractivity contribution in [3.8, 4) is 0 Å². The molecule has 1 unspecified atom stereocenters. The third kappa shape index (κ3) is 3.41. The van der Waals surface area contributed by atoms with Crippen molar-refractivity contribution < 1.29 is 0 Å². The number of nitrogens with zero attached hydrogens (tertiary/aromatic N) is 3. The van der Waals surface area contributed by atoms with E-state index in [2.05, 4.69) is 31.2 Å². The third-order valence-electron chi connectivity index (χ3n) is 3.73. The molecule has 112 valence electrons. The van der Waals surface area contributed by atoms with Gasteiger partial charge in [-0.25, -0.2) is 4.68 Å². The van der Waals surface area contributed by atoms with Gasteiger partial charge >= 0.3 is 0 Å². The highest BCUT2D eigenvalue weighted by Crippen LogP contribution is 2.22. The molecule has 1 N–H and O–H groups in total. The first-order chi connectivity index (χ1) is 9.50. The quantitative estimate of drug-likeness (QED) is 0.910. The monoisotopic (exact) mass is 342 g/mol. The van der Waals surface area contributed by atoms with Crippen LogP contribution in [0.25, 0.3) is 0 Å². The van der Waals surface area contributed by atoms with Gasteiger partial charge in [0.15, 0.2) is 0 Å². The van der Waals surface area contributed by atoms with Crippen molar-refractivity contribution >= 4 is 21.6 Å². The van der Waals surface area contributed by atoms with Crippen molar-refractivity contribution in [2.75, 3.05) is 25.0 Å². The zero-order chi connectivity index (χ0) is 14.7. The SMILES string of the molecule is CC(C)n1ncc(N(C)CC2CCCCN2)c(Br)c1=O. The molecule has 2 rings (SSSR count). The summed E-state index contributed by atoms with van der Waals surface area (Å²) in [7, 11) is 2.01. The Labute approximate surface area is 128 Å². The zero-order valence-corrected chi connectivity index (χ0v) is 14.0. The molecule has 1 saturated heterocycles. The number of aromatic nitrogens is 2. The summed E-state index contributed by atoms with van der Waals surface area (Å²) in [6, 6.07) is 0.561.